The van der Waals surface area contributed by atoms with Crippen molar-refractivity contribution in [3.8, 4) is 0 Å². The molecule has 0 saturated carbocycles. The van der Waals surface area contributed by atoms with Gasteiger partial charge in [-0.15, -0.1) is 0 Å². The first-order valence-electron chi connectivity index (χ1n) is 9.19. The lowest BCUT2D eigenvalue weighted by Gasteiger charge is -2.35. The summed E-state index contributed by atoms with van der Waals surface area (Å²) in [5.74, 6) is 0.893. The molecule has 1 aliphatic heterocycles. The molecule has 1 N–H and O–H groups in total. The molecule has 1 aromatic carbocycles. The zero-order chi connectivity index (χ0) is 17.6. The van der Waals surface area contributed by atoms with Crippen LogP contribution in [-0.2, 0) is 24.1 Å². The normalized spacial score (nSPS) is 17.4. The van der Waals surface area contributed by atoms with Crippen LogP contribution >= 0.6 is 0 Å². The zero-order valence-electron chi connectivity index (χ0n) is 15.3. The fourth-order valence-electron chi connectivity index (χ4n) is 3.56. The molecule has 1 fully saturated rings. The van der Waals surface area contributed by atoms with E-state index < -0.39 is 0 Å². The van der Waals surface area contributed by atoms with Gasteiger partial charge in [0.25, 0.3) is 0 Å². The van der Waals surface area contributed by atoms with Gasteiger partial charge in [-0.1, -0.05) is 18.2 Å². The molecule has 0 atom stereocenters. The van der Waals surface area contributed by atoms with E-state index in [9.17, 15) is 4.79 Å². The number of piperazine rings is 1. The summed E-state index contributed by atoms with van der Waals surface area (Å²) in [5.41, 5.74) is 4.30. The maximum atomic E-state index is 11.8. The number of nitrogens with one attached hydrogen (secondary N) is 1. The predicted octanol–water partition coefficient (Wildman–Crippen LogP) is 2.02. The van der Waals surface area contributed by atoms with Crippen molar-refractivity contribution in [1.82, 2.24) is 15.1 Å². The van der Waals surface area contributed by atoms with Gasteiger partial charge in [-0.25, -0.2) is 4.79 Å². The maximum Gasteiger partial charge on any atom is 0.409 e. The number of hydrogen-bond acceptors (Lipinski definition) is 3. The number of guanidine groups is 1. The van der Waals surface area contributed by atoms with Crippen molar-refractivity contribution in [2.75, 3.05) is 39.8 Å². The quantitative estimate of drug-likeness (QED) is 0.673. The highest BCUT2D eigenvalue weighted by molar-refractivity contribution is 5.80. The molecule has 136 valence electrons. The Morgan fingerprint density at radius 1 is 1.16 bits per heavy atom. The van der Waals surface area contributed by atoms with Crippen LogP contribution in [0.5, 0.6) is 0 Å². The Morgan fingerprint density at radius 3 is 2.60 bits per heavy atom. The molecule has 0 radical (unpaired) electrons. The largest absolute Gasteiger partial charge is 0.450 e. The Balaban J connectivity index is 1.51. The van der Waals surface area contributed by atoms with Gasteiger partial charge in [0.1, 0.15) is 0 Å². The van der Waals surface area contributed by atoms with Crippen molar-refractivity contribution in [2.24, 2.45) is 4.99 Å². The van der Waals surface area contributed by atoms with Crippen LogP contribution in [0.4, 0.5) is 4.79 Å². The van der Waals surface area contributed by atoms with E-state index in [4.69, 9.17) is 4.74 Å². The number of benzene rings is 1. The lowest BCUT2D eigenvalue weighted by molar-refractivity contribution is 0.0914. The molecule has 6 nitrogen and oxygen atoms in total. The van der Waals surface area contributed by atoms with Crippen molar-refractivity contribution in [3.05, 3.63) is 34.9 Å². The zero-order valence-corrected chi connectivity index (χ0v) is 15.3. The van der Waals surface area contributed by atoms with E-state index in [2.05, 4.69) is 33.4 Å². The summed E-state index contributed by atoms with van der Waals surface area (Å²) in [7, 11) is 1.81. The van der Waals surface area contributed by atoms with Gasteiger partial charge in [0.2, 0.25) is 0 Å². The minimum absolute atomic E-state index is 0.219. The first-order valence-corrected chi connectivity index (χ1v) is 9.19. The second kappa shape index (κ2) is 8.23. The topological polar surface area (TPSA) is 57.2 Å². The molecule has 25 heavy (non-hydrogen) atoms. The third kappa shape index (κ3) is 4.24. The van der Waals surface area contributed by atoms with Gasteiger partial charge < -0.3 is 19.9 Å². The van der Waals surface area contributed by atoms with Gasteiger partial charge in [0, 0.05) is 39.8 Å². The highest BCUT2D eigenvalue weighted by Crippen LogP contribution is 2.22. The molecule has 0 spiro atoms. The molecule has 1 aromatic rings. The minimum Gasteiger partial charge on any atom is -0.450 e. The van der Waals surface area contributed by atoms with E-state index in [1.807, 2.05) is 14.0 Å². The first kappa shape index (κ1) is 17.6. The smallest absolute Gasteiger partial charge is 0.409 e. The van der Waals surface area contributed by atoms with Gasteiger partial charge in [-0.2, -0.15) is 0 Å². The van der Waals surface area contributed by atoms with Gasteiger partial charge in [0.15, 0.2) is 5.96 Å². The fraction of sp³-hybridized carbons (Fsp3) is 0.579. The number of hydrogen-bond donors (Lipinski definition) is 1. The molecular formula is C19H28N4O2. The Labute approximate surface area is 149 Å². The number of carbonyl (C=O) groups excluding carboxylic acids is 1. The number of carbonyl (C=O) groups is 1. The second-order valence-electron chi connectivity index (χ2n) is 6.53. The molecule has 3 rings (SSSR count). The summed E-state index contributed by atoms with van der Waals surface area (Å²) in [6, 6.07) is 6.80. The highest BCUT2D eigenvalue weighted by Gasteiger charge is 2.23. The van der Waals surface area contributed by atoms with Gasteiger partial charge in [-0.3, -0.25) is 4.99 Å². The van der Waals surface area contributed by atoms with Crippen LogP contribution in [0.25, 0.3) is 0 Å². The third-order valence-corrected chi connectivity index (χ3v) is 4.93. The number of ether oxygens (including phenoxy) is 1. The van der Waals surface area contributed by atoms with Crippen LogP contribution < -0.4 is 5.32 Å². The SMILES string of the molecule is CCOC(=O)N1CCN(C(=NC)NCc2ccc3c(c2)CCC3)CC1. The molecule has 2 aliphatic rings. The molecule has 6 heteroatoms. The Bertz CT molecular complexity index is 636. The van der Waals surface area contributed by atoms with Crippen LogP contribution in [0.1, 0.15) is 30.0 Å². The van der Waals surface area contributed by atoms with Crippen molar-refractivity contribution in [3.63, 3.8) is 0 Å². The van der Waals surface area contributed by atoms with E-state index in [-0.39, 0.29) is 6.09 Å². The number of nitrogens with zero attached hydrogens (tertiary/aromatic N) is 3. The summed E-state index contributed by atoms with van der Waals surface area (Å²) in [5, 5.41) is 3.46. The van der Waals surface area contributed by atoms with E-state index in [1.165, 1.54) is 36.0 Å². The van der Waals surface area contributed by atoms with Crippen LogP contribution in [0, 0.1) is 0 Å². The standard InChI is InChI=1S/C19H28N4O2/c1-3-25-19(24)23-11-9-22(10-12-23)18(20-2)21-14-15-7-8-16-5-4-6-17(16)13-15/h7-8,13H,3-6,9-12,14H2,1-2H3,(H,20,21). The summed E-state index contributed by atoms with van der Waals surface area (Å²) in [6.07, 6.45) is 3.48. The monoisotopic (exact) mass is 344 g/mol. The molecule has 1 amide bonds. The average Bonchev–Trinajstić information content (AvgIpc) is 3.11. The molecule has 1 aliphatic carbocycles. The number of aryl methyl sites for hydroxylation is 2. The maximum absolute atomic E-state index is 11.8. The van der Waals surface area contributed by atoms with Crippen molar-refractivity contribution < 1.29 is 9.53 Å². The van der Waals surface area contributed by atoms with Crippen molar-refractivity contribution >= 4 is 12.1 Å². The predicted molar refractivity (Wildman–Crippen MR) is 98.8 cm³/mol. The highest BCUT2D eigenvalue weighted by atomic mass is 16.6. The van der Waals surface area contributed by atoms with Crippen molar-refractivity contribution in [1.29, 1.82) is 0 Å². The summed E-state index contributed by atoms with van der Waals surface area (Å²) >= 11 is 0. The Kier molecular flexibility index (Phi) is 5.79. The number of amides is 1. The van der Waals surface area contributed by atoms with Crippen molar-refractivity contribution in [2.45, 2.75) is 32.7 Å². The van der Waals surface area contributed by atoms with E-state index in [1.54, 1.807) is 4.90 Å². The second-order valence-corrected chi connectivity index (χ2v) is 6.53. The molecule has 1 saturated heterocycles. The summed E-state index contributed by atoms with van der Waals surface area (Å²) in [6.45, 7) is 5.89. The van der Waals surface area contributed by atoms with Gasteiger partial charge >= 0.3 is 6.09 Å². The lowest BCUT2D eigenvalue weighted by Crippen LogP contribution is -2.53. The molecule has 0 aromatic heterocycles. The summed E-state index contributed by atoms with van der Waals surface area (Å²) in [4.78, 5) is 20.1. The molecular weight excluding hydrogens is 316 g/mol. The van der Waals surface area contributed by atoms with Crippen LogP contribution in [0.3, 0.4) is 0 Å². The van der Waals surface area contributed by atoms with Crippen LogP contribution in [0.15, 0.2) is 23.2 Å². The third-order valence-electron chi connectivity index (χ3n) is 4.93. The average molecular weight is 344 g/mol. The van der Waals surface area contributed by atoms with Crippen LogP contribution in [-0.4, -0.2) is 61.7 Å². The molecule has 0 unspecified atom stereocenters. The van der Waals surface area contributed by atoms with Gasteiger partial charge in [0.05, 0.1) is 6.61 Å². The van der Waals surface area contributed by atoms with E-state index in [0.717, 1.165) is 25.6 Å². The Hall–Kier alpha value is -2.24. The summed E-state index contributed by atoms with van der Waals surface area (Å²) < 4.78 is 5.07. The molecule has 0 bridgehead atoms. The minimum atomic E-state index is -0.219. The lowest BCUT2D eigenvalue weighted by atomic mass is 10.1. The van der Waals surface area contributed by atoms with E-state index >= 15 is 0 Å². The van der Waals surface area contributed by atoms with Gasteiger partial charge in [-0.05, 0) is 42.9 Å². The Morgan fingerprint density at radius 2 is 1.88 bits per heavy atom. The first-order chi connectivity index (χ1) is 12.2. The van der Waals surface area contributed by atoms with Crippen LogP contribution in [0.2, 0.25) is 0 Å². The fourth-order valence-corrected chi connectivity index (χ4v) is 3.56. The molecule has 1 heterocycles. The number of aliphatic imine (C=N–C) groups is 1. The number of fused-ring (bicyclic) bond motifs is 1. The number of rotatable bonds is 3. The van der Waals surface area contributed by atoms with E-state index in [0.29, 0.717) is 19.7 Å².